The zero-order valence-corrected chi connectivity index (χ0v) is 21.9. The number of aliphatic hydroxyl groups is 2. The number of hydrogen-bond acceptors (Lipinski definition) is 10. The van der Waals surface area contributed by atoms with Crippen molar-refractivity contribution >= 4 is 34.8 Å². The molecule has 2 heterocycles. The first-order valence-corrected chi connectivity index (χ1v) is 13.4. The number of unbranched alkanes of at least 4 members (excludes halogenated alkanes) is 1. The Morgan fingerprint density at radius 1 is 1.14 bits per heavy atom. The first kappa shape index (κ1) is 28.4. The molecule has 1 aliphatic carbocycles. The summed E-state index contributed by atoms with van der Waals surface area (Å²) < 4.78 is 1.65. The van der Waals surface area contributed by atoms with Gasteiger partial charge in [-0.1, -0.05) is 49.4 Å². The van der Waals surface area contributed by atoms with Crippen LogP contribution in [-0.4, -0.2) is 76.0 Å². The van der Waals surface area contributed by atoms with Gasteiger partial charge in [-0.05, 0) is 43.4 Å². The number of anilines is 1. The number of aromatic nitrogens is 5. The summed E-state index contributed by atoms with van der Waals surface area (Å²) in [5, 5.41) is 52.0. The second-order valence-electron chi connectivity index (χ2n) is 8.72. The standard InChI is InChI=1S/C16H26N6O2S.C8H9NO3/c1-3-5-8-17-14-12-15(19-16(18-14)25-9-4-2)22(21-20-12)10-6-7-11(23)13(10)24;10-7-3-1-6(2-4-7)5-9-8(11)12/h10-11,13,23-24H,3-9H2,1-2H3,(H,17,18,19);1-4,9-10H,5H2,(H,11,12)/t10-,11-,13+;/m1./s1. The molecule has 12 nitrogen and oxygen atoms in total. The molecular formula is C24H35N7O5S. The lowest BCUT2D eigenvalue weighted by Crippen LogP contribution is -2.28. The van der Waals surface area contributed by atoms with E-state index in [9.17, 15) is 15.0 Å². The summed E-state index contributed by atoms with van der Waals surface area (Å²) in [5.74, 6) is 1.80. The average Bonchev–Trinajstić information content (AvgIpc) is 3.45. The lowest BCUT2D eigenvalue weighted by Gasteiger charge is -2.16. The Morgan fingerprint density at radius 3 is 2.51 bits per heavy atom. The number of aromatic hydroxyl groups is 1. The van der Waals surface area contributed by atoms with Gasteiger partial charge in [0.25, 0.3) is 0 Å². The maximum absolute atomic E-state index is 10.2. The zero-order valence-electron chi connectivity index (χ0n) is 21.0. The van der Waals surface area contributed by atoms with Gasteiger partial charge in [0.15, 0.2) is 22.1 Å². The highest BCUT2D eigenvalue weighted by molar-refractivity contribution is 7.99. The fourth-order valence-corrected chi connectivity index (χ4v) is 4.49. The van der Waals surface area contributed by atoms with E-state index in [0.29, 0.717) is 35.0 Å². The molecule has 1 amide bonds. The second kappa shape index (κ2) is 14.0. The predicted octanol–water partition coefficient (Wildman–Crippen LogP) is 3.15. The predicted molar refractivity (Wildman–Crippen MR) is 141 cm³/mol. The summed E-state index contributed by atoms with van der Waals surface area (Å²) in [7, 11) is 0. The van der Waals surface area contributed by atoms with Gasteiger partial charge in [0.05, 0.1) is 12.1 Å². The molecule has 1 aliphatic rings. The van der Waals surface area contributed by atoms with Crippen molar-refractivity contribution in [2.24, 2.45) is 0 Å². The maximum atomic E-state index is 10.2. The van der Waals surface area contributed by atoms with Gasteiger partial charge in [-0.2, -0.15) is 0 Å². The van der Waals surface area contributed by atoms with Crippen LogP contribution in [0.25, 0.3) is 11.2 Å². The van der Waals surface area contributed by atoms with Crippen LogP contribution >= 0.6 is 11.8 Å². The summed E-state index contributed by atoms with van der Waals surface area (Å²) in [5.41, 5.74) is 2.05. The number of hydrogen-bond donors (Lipinski definition) is 6. The Hall–Kier alpha value is -3.16. The summed E-state index contributed by atoms with van der Waals surface area (Å²) in [6.45, 7) is 5.34. The lowest BCUT2D eigenvalue weighted by atomic mass is 10.2. The number of carbonyl (C=O) groups is 1. The van der Waals surface area contributed by atoms with Crippen LogP contribution in [0, 0.1) is 0 Å². The quantitative estimate of drug-likeness (QED) is 0.128. The number of nitrogens with one attached hydrogen (secondary N) is 2. The Morgan fingerprint density at radius 2 is 1.89 bits per heavy atom. The van der Waals surface area contributed by atoms with Crippen LogP contribution in [0.1, 0.15) is 57.6 Å². The molecule has 6 N–H and O–H groups in total. The molecule has 0 bridgehead atoms. The molecule has 37 heavy (non-hydrogen) atoms. The normalized spacial score (nSPS) is 18.9. The number of carboxylic acid groups (broad SMARTS) is 1. The monoisotopic (exact) mass is 533 g/mol. The fraction of sp³-hybridized carbons (Fsp3) is 0.542. The third-order valence-electron chi connectivity index (χ3n) is 5.80. The van der Waals surface area contributed by atoms with Crippen molar-refractivity contribution in [2.45, 2.75) is 75.9 Å². The summed E-state index contributed by atoms with van der Waals surface area (Å²) in [4.78, 5) is 19.3. The largest absolute Gasteiger partial charge is 0.508 e. The van der Waals surface area contributed by atoms with Crippen LogP contribution in [0.3, 0.4) is 0 Å². The van der Waals surface area contributed by atoms with E-state index in [1.165, 1.54) is 12.1 Å². The van der Waals surface area contributed by atoms with Crippen LogP contribution in [0.2, 0.25) is 0 Å². The van der Waals surface area contributed by atoms with Gasteiger partial charge in [-0.15, -0.1) is 5.10 Å². The highest BCUT2D eigenvalue weighted by atomic mass is 32.2. The molecule has 1 aromatic carbocycles. The minimum Gasteiger partial charge on any atom is -0.508 e. The molecule has 4 rings (SSSR count). The van der Waals surface area contributed by atoms with Gasteiger partial charge in [0, 0.05) is 18.8 Å². The summed E-state index contributed by atoms with van der Waals surface area (Å²) in [6.07, 6.45) is 1.77. The molecule has 1 fully saturated rings. The number of aliphatic hydroxyl groups excluding tert-OH is 2. The van der Waals surface area contributed by atoms with Crippen LogP contribution < -0.4 is 10.6 Å². The van der Waals surface area contributed by atoms with Crippen molar-refractivity contribution in [1.29, 1.82) is 0 Å². The summed E-state index contributed by atoms with van der Waals surface area (Å²) in [6, 6.07) is 6.04. The van der Waals surface area contributed by atoms with Crippen LogP contribution in [0.15, 0.2) is 29.4 Å². The van der Waals surface area contributed by atoms with Crippen molar-refractivity contribution in [2.75, 3.05) is 17.6 Å². The van der Waals surface area contributed by atoms with Gasteiger partial charge in [-0.25, -0.2) is 19.4 Å². The van der Waals surface area contributed by atoms with Crippen LogP contribution in [0.5, 0.6) is 5.75 Å². The molecule has 2 aromatic heterocycles. The average molecular weight is 534 g/mol. The molecule has 1 saturated carbocycles. The first-order chi connectivity index (χ1) is 17.8. The minimum absolute atomic E-state index is 0.175. The highest BCUT2D eigenvalue weighted by Gasteiger charge is 2.37. The van der Waals surface area contributed by atoms with Gasteiger partial charge in [-0.3, -0.25) is 0 Å². The first-order valence-electron chi connectivity index (χ1n) is 12.4. The third-order valence-corrected chi connectivity index (χ3v) is 6.86. The van der Waals surface area contributed by atoms with Crippen molar-refractivity contribution in [1.82, 2.24) is 30.3 Å². The number of phenolic OH excluding ortho intramolecular Hbond substituents is 1. The minimum atomic E-state index is -1.05. The summed E-state index contributed by atoms with van der Waals surface area (Å²) >= 11 is 1.60. The molecule has 0 radical (unpaired) electrons. The number of fused-ring (bicyclic) bond motifs is 1. The molecule has 3 aromatic rings. The molecule has 3 atom stereocenters. The number of nitrogens with zero attached hydrogens (tertiary/aromatic N) is 5. The van der Waals surface area contributed by atoms with Crippen LogP contribution in [-0.2, 0) is 6.54 Å². The molecule has 0 unspecified atom stereocenters. The van der Waals surface area contributed by atoms with E-state index in [-0.39, 0.29) is 18.3 Å². The highest BCUT2D eigenvalue weighted by Crippen LogP contribution is 2.33. The van der Waals surface area contributed by atoms with Crippen molar-refractivity contribution in [3.05, 3.63) is 29.8 Å². The van der Waals surface area contributed by atoms with Crippen LogP contribution in [0.4, 0.5) is 10.6 Å². The van der Waals surface area contributed by atoms with Gasteiger partial charge in [0.1, 0.15) is 11.9 Å². The molecule has 0 aliphatic heterocycles. The van der Waals surface area contributed by atoms with Crippen molar-refractivity contribution in [3.63, 3.8) is 0 Å². The molecule has 202 valence electrons. The molecule has 13 heteroatoms. The zero-order chi connectivity index (χ0) is 26.8. The third kappa shape index (κ3) is 7.91. The van der Waals surface area contributed by atoms with E-state index in [1.54, 1.807) is 28.6 Å². The Labute approximate surface area is 219 Å². The van der Waals surface area contributed by atoms with E-state index in [1.807, 2.05) is 0 Å². The van der Waals surface area contributed by atoms with Crippen molar-refractivity contribution in [3.8, 4) is 5.75 Å². The van der Waals surface area contributed by atoms with Gasteiger partial charge < -0.3 is 31.1 Å². The number of thioether (sulfide) groups is 1. The Balaban J connectivity index is 0.000000266. The number of rotatable bonds is 10. The Bertz CT molecular complexity index is 1140. The van der Waals surface area contributed by atoms with Gasteiger partial charge in [0.2, 0.25) is 0 Å². The second-order valence-corrected chi connectivity index (χ2v) is 9.78. The topological polar surface area (TPSA) is 179 Å². The van der Waals surface area contributed by atoms with Crippen molar-refractivity contribution < 1.29 is 25.2 Å². The lowest BCUT2D eigenvalue weighted by molar-refractivity contribution is 0.0215. The van der Waals surface area contributed by atoms with E-state index < -0.39 is 18.3 Å². The van der Waals surface area contributed by atoms with E-state index in [2.05, 4.69) is 44.8 Å². The fourth-order valence-electron chi connectivity index (χ4n) is 3.80. The number of amides is 1. The van der Waals surface area contributed by atoms with E-state index in [4.69, 9.17) is 10.2 Å². The Kier molecular flexibility index (Phi) is 10.7. The smallest absolute Gasteiger partial charge is 0.404 e. The number of benzene rings is 1. The van der Waals surface area contributed by atoms with E-state index in [0.717, 1.165) is 37.1 Å². The number of phenols is 1. The van der Waals surface area contributed by atoms with E-state index >= 15 is 0 Å². The molecular weight excluding hydrogens is 498 g/mol. The molecule has 0 saturated heterocycles. The van der Waals surface area contributed by atoms with Gasteiger partial charge >= 0.3 is 6.09 Å². The molecule has 0 spiro atoms. The maximum Gasteiger partial charge on any atom is 0.404 e. The SMILES string of the molecule is CCCCNc1nc(SCCC)nc2c1nnn2[C@@H]1CC[C@@H](O)[C@H]1O.O=C(O)NCc1ccc(O)cc1.